The molecule has 0 saturated carbocycles. The minimum absolute atomic E-state index is 0.0753. The molecule has 3 atom stereocenters. The summed E-state index contributed by atoms with van der Waals surface area (Å²) in [6, 6.07) is 22.3. The van der Waals surface area contributed by atoms with Crippen LogP contribution < -0.4 is 0 Å². The first-order valence-electron chi connectivity index (χ1n) is 11.3. The average Bonchev–Trinajstić information content (AvgIpc) is 2.80. The molecule has 1 aliphatic heterocycles. The van der Waals surface area contributed by atoms with Crippen molar-refractivity contribution in [2.45, 2.75) is 48.3 Å². The van der Waals surface area contributed by atoms with Gasteiger partial charge < -0.3 is 5.11 Å². The van der Waals surface area contributed by atoms with Gasteiger partial charge in [-0.3, -0.25) is 4.79 Å². The molecule has 178 valence electrons. The zero-order chi connectivity index (χ0) is 24.5. The topological polar surface area (TPSA) is 74.7 Å². The molecule has 1 saturated heterocycles. The van der Waals surface area contributed by atoms with Gasteiger partial charge in [0.15, 0.2) is 0 Å². The van der Waals surface area contributed by atoms with Crippen LogP contribution in [0.4, 0.5) is 0 Å². The van der Waals surface area contributed by atoms with Gasteiger partial charge in [0.2, 0.25) is 10.0 Å². The number of piperidine rings is 1. The van der Waals surface area contributed by atoms with E-state index in [4.69, 9.17) is 0 Å². The normalized spacial score (nSPS) is 21.3. The highest BCUT2D eigenvalue weighted by Crippen LogP contribution is 2.44. The third-order valence-electron chi connectivity index (χ3n) is 6.40. The molecule has 1 heterocycles. The maximum absolute atomic E-state index is 13.9. The highest BCUT2D eigenvalue weighted by Gasteiger charge is 2.45. The van der Waals surface area contributed by atoms with E-state index >= 15 is 0 Å². The van der Waals surface area contributed by atoms with Crippen LogP contribution in [0.5, 0.6) is 0 Å². The van der Waals surface area contributed by atoms with Gasteiger partial charge in [0, 0.05) is 16.7 Å². The molecule has 1 fully saturated rings. The number of aryl methyl sites for hydroxylation is 3. The van der Waals surface area contributed by atoms with Crippen molar-refractivity contribution in [1.82, 2.24) is 4.31 Å². The van der Waals surface area contributed by atoms with Crippen LogP contribution in [0.15, 0.2) is 82.6 Å². The highest BCUT2D eigenvalue weighted by atomic mass is 32.2. The second-order valence-corrected chi connectivity index (χ2v) is 12.1. The Balaban J connectivity index is 1.77. The average molecular weight is 496 g/mol. The van der Waals surface area contributed by atoms with Crippen LogP contribution in [0.3, 0.4) is 0 Å². The molecule has 1 aliphatic rings. The van der Waals surface area contributed by atoms with E-state index < -0.39 is 28.0 Å². The Morgan fingerprint density at radius 2 is 1.50 bits per heavy atom. The molecule has 5 nitrogen and oxygen atoms in total. The molecule has 3 aromatic rings. The second-order valence-electron chi connectivity index (χ2n) is 8.92. The number of carboxylic acid groups (broad SMARTS) is 1. The molecule has 0 radical (unpaired) electrons. The van der Waals surface area contributed by atoms with Gasteiger partial charge in [-0.25, -0.2) is 8.42 Å². The number of hydrogen-bond donors (Lipinski definition) is 1. The lowest BCUT2D eigenvalue weighted by Gasteiger charge is -2.42. The SMILES string of the molecule is Cc1ccc(S[C@@H]2C[C@@H](c3ccc(C)cc3)N(S(=O)(=O)c3ccccc3C)C[C@H]2C(=O)O)cc1. The van der Waals surface area contributed by atoms with Gasteiger partial charge in [-0.2, -0.15) is 4.31 Å². The first kappa shape index (κ1) is 24.5. The third-order valence-corrected chi connectivity index (χ3v) is 9.80. The third kappa shape index (κ3) is 5.06. The fourth-order valence-corrected chi connectivity index (χ4v) is 7.59. The van der Waals surface area contributed by atoms with E-state index in [1.807, 2.05) is 62.4 Å². The summed E-state index contributed by atoms with van der Waals surface area (Å²) in [6.45, 7) is 5.69. The van der Waals surface area contributed by atoms with Gasteiger partial charge in [-0.1, -0.05) is 65.7 Å². The summed E-state index contributed by atoms with van der Waals surface area (Å²) in [5.74, 6) is -1.80. The number of hydrogen-bond acceptors (Lipinski definition) is 4. The lowest BCUT2D eigenvalue weighted by Crippen LogP contribution is -2.49. The first-order chi connectivity index (χ1) is 16.2. The monoisotopic (exact) mass is 495 g/mol. The Kier molecular flexibility index (Phi) is 7.17. The van der Waals surface area contributed by atoms with Gasteiger partial charge in [0.25, 0.3) is 0 Å². The van der Waals surface area contributed by atoms with Crippen molar-refractivity contribution in [2.24, 2.45) is 5.92 Å². The van der Waals surface area contributed by atoms with Crippen LogP contribution in [0.1, 0.15) is 34.7 Å². The Bertz CT molecular complexity index is 1270. The first-order valence-corrected chi connectivity index (χ1v) is 13.6. The summed E-state index contributed by atoms with van der Waals surface area (Å²) in [5, 5.41) is 9.83. The Hall–Kier alpha value is -2.61. The molecule has 0 bridgehead atoms. The number of aliphatic carboxylic acids is 1. The van der Waals surface area contributed by atoms with Crippen LogP contribution in [0.25, 0.3) is 0 Å². The zero-order valence-corrected chi connectivity index (χ0v) is 21.1. The van der Waals surface area contributed by atoms with Gasteiger partial charge in [0.05, 0.1) is 16.9 Å². The summed E-state index contributed by atoms with van der Waals surface area (Å²) in [6.07, 6.45) is 0.406. The van der Waals surface area contributed by atoms with Crippen molar-refractivity contribution in [2.75, 3.05) is 6.54 Å². The minimum atomic E-state index is -3.91. The Morgan fingerprint density at radius 1 is 0.912 bits per heavy atom. The van der Waals surface area contributed by atoms with Crippen molar-refractivity contribution in [3.8, 4) is 0 Å². The minimum Gasteiger partial charge on any atom is -0.481 e. The lowest BCUT2D eigenvalue weighted by atomic mass is 9.90. The van der Waals surface area contributed by atoms with Gasteiger partial charge in [-0.15, -0.1) is 11.8 Å². The highest BCUT2D eigenvalue weighted by molar-refractivity contribution is 8.00. The van der Waals surface area contributed by atoms with Crippen molar-refractivity contribution in [3.63, 3.8) is 0 Å². The molecule has 0 amide bonds. The van der Waals surface area contributed by atoms with Gasteiger partial charge in [-0.05, 0) is 56.5 Å². The van der Waals surface area contributed by atoms with Crippen molar-refractivity contribution in [1.29, 1.82) is 0 Å². The molecule has 0 spiro atoms. The number of thioether (sulfide) groups is 1. The molecule has 0 aliphatic carbocycles. The number of benzene rings is 3. The van der Waals surface area contributed by atoms with E-state index in [0.717, 1.165) is 21.6 Å². The molecule has 34 heavy (non-hydrogen) atoms. The maximum Gasteiger partial charge on any atom is 0.308 e. The standard InChI is InChI=1S/C27H29NO4S2/c1-18-8-12-21(13-9-18)24-16-25(33-22-14-10-19(2)11-15-22)23(27(29)30)17-28(24)34(31,32)26-7-5-4-6-20(26)3/h4-15,23-25H,16-17H2,1-3H3,(H,29,30)/t23-,24+,25-/m1/s1. The maximum atomic E-state index is 13.9. The zero-order valence-electron chi connectivity index (χ0n) is 19.5. The number of rotatable bonds is 6. The molecule has 0 aromatic heterocycles. The van der Waals surface area contributed by atoms with E-state index in [0.29, 0.717) is 12.0 Å². The van der Waals surface area contributed by atoms with Crippen LogP contribution >= 0.6 is 11.8 Å². The van der Waals surface area contributed by atoms with E-state index in [1.165, 1.54) is 16.1 Å². The van der Waals surface area contributed by atoms with Gasteiger partial charge in [0.1, 0.15) is 0 Å². The molecule has 7 heteroatoms. The van der Waals surface area contributed by atoms with Crippen molar-refractivity contribution >= 4 is 27.8 Å². The van der Waals surface area contributed by atoms with Crippen LogP contribution in [-0.2, 0) is 14.8 Å². The number of nitrogens with zero attached hydrogens (tertiary/aromatic N) is 1. The predicted molar refractivity (Wildman–Crippen MR) is 136 cm³/mol. The summed E-state index contributed by atoms with van der Waals surface area (Å²) in [7, 11) is -3.91. The largest absolute Gasteiger partial charge is 0.481 e. The molecule has 0 unspecified atom stereocenters. The van der Waals surface area contributed by atoms with E-state index in [9.17, 15) is 18.3 Å². The Labute approximate surface area is 205 Å². The summed E-state index contributed by atoms with van der Waals surface area (Å²) in [5.41, 5.74) is 3.74. The smallest absolute Gasteiger partial charge is 0.308 e. The summed E-state index contributed by atoms with van der Waals surface area (Å²) >= 11 is 1.52. The van der Waals surface area contributed by atoms with E-state index in [1.54, 1.807) is 31.2 Å². The van der Waals surface area contributed by atoms with Crippen LogP contribution in [0.2, 0.25) is 0 Å². The number of carbonyl (C=O) groups is 1. The molecular formula is C27H29NO4S2. The molecule has 1 N–H and O–H groups in total. The second kappa shape index (κ2) is 9.94. The van der Waals surface area contributed by atoms with Crippen LogP contribution in [-0.4, -0.2) is 35.6 Å². The quantitative estimate of drug-likeness (QED) is 0.481. The fourth-order valence-electron chi connectivity index (χ4n) is 4.43. The van der Waals surface area contributed by atoms with E-state index in [2.05, 4.69) is 0 Å². The predicted octanol–water partition coefficient (Wildman–Crippen LogP) is 5.61. The summed E-state index contributed by atoms with van der Waals surface area (Å²) < 4.78 is 29.1. The molecule has 3 aromatic carbocycles. The van der Waals surface area contributed by atoms with Crippen LogP contribution in [0, 0.1) is 26.7 Å². The Morgan fingerprint density at radius 3 is 2.09 bits per heavy atom. The van der Waals surface area contributed by atoms with Gasteiger partial charge >= 0.3 is 5.97 Å². The van der Waals surface area contributed by atoms with Crippen molar-refractivity contribution < 1.29 is 18.3 Å². The number of sulfonamides is 1. The summed E-state index contributed by atoms with van der Waals surface area (Å²) in [4.78, 5) is 13.5. The van der Waals surface area contributed by atoms with Crippen molar-refractivity contribution in [3.05, 3.63) is 95.1 Å². The molecule has 4 rings (SSSR count). The number of carboxylic acids is 1. The lowest BCUT2D eigenvalue weighted by molar-refractivity contribution is -0.143. The molecular weight excluding hydrogens is 466 g/mol. The van der Waals surface area contributed by atoms with E-state index in [-0.39, 0.29) is 16.7 Å². The fraction of sp³-hybridized carbons (Fsp3) is 0.296.